The molecule has 1 aliphatic carbocycles. The number of hydrogen-bond acceptors (Lipinski definition) is 3. The van der Waals surface area contributed by atoms with Crippen LogP contribution >= 0.6 is 11.6 Å². The van der Waals surface area contributed by atoms with E-state index in [4.69, 9.17) is 11.6 Å². The summed E-state index contributed by atoms with van der Waals surface area (Å²) in [5.41, 5.74) is 0.383. The Morgan fingerprint density at radius 2 is 1.79 bits per heavy atom. The summed E-state index contributed by atoms with van der Waals surface area (Å²) in [4.78, 5) is 14.8. The fourth-order valence-electron chi connectivity index (χ4n) is 4.34. The van der Waals surface area contributed by atoms with Crippen LogP contribution in [0.2, 0.25) is 5.02 Å². The van der Waals surface area contributed by atoms with Crippen LogP contribution in [0.4, 0.5) is 0 Å². The third-order valence-corrected chi connectivity index (χ3v) is 8.62. The number of piperidine rings is 1. The van der Waals surface area contributed by atoms with Crippen molar-refractivity contribution < 1.29 is 13.2 Å². The van der Waals surface area contributed by atoms with Crippen molar-refractivity contribution in [2.75, 3.05) is 20.1 Å². The van der Waals surface area contributed by atoms with E-state index in [-0.39, 0.29) is 21.9 Å². The highest BCUT2D eigenvalue weighted by molar-refractivity contribution is 7.89. The van der Waals surface area contributed by atoms with E-state index in [9.17, 15) is 13.2 Å². The van der Waals surface area contributed by atoms with Crippen LogP contribution in [-0.4, -0.2) is 49.7 Å². The largest absolute Gasteiger partial charge is 0.339 e. The quantitative estimate of drug-likeness (QED) is 0.716. The molecule has 1 aromatic rings. The smallest absolute Gasteiger partial charge is 0.253 e. The molecule has 0 N–H and O–H groups in total. The maximum Gasteiger partial charge on any atom is 0.253 e. The molecule has 2 fully saturated rings. The molecular formula is C21H31ClN2O3S. The van der Waals surface area contributed by atoms with Crippen LogP contribution in [0.1, 0.15) is 62.7 Å². The standard InChI is InChI=1S/C21H31ClN2O3S/c1-15-6-9-18(10-7-15)23(3)21(25)17-8-11-19(22)20(13-17)28(26,27)24-12-4-5-16(2)14-24/h8,11,13,15-16,18H,4-7,9-10,12,14H2,1-3H3. The molecule has 5 nitrogen and oxygen atoms in total. The van der Waals surface area contributed by atoms with Gasteiger partial charge < -0.3 is 4.90 Å². The Morgan fingerprint density at radius 3 is 2.43 bits per heavy atom. The number of sulfonamides is 1. The van der Waals surface area contributed by atoms with Crippen LogP contribution in [0.15, 0.2) is 23.1 Å². The van der Waals surface area contributed by atoms with Crippen LogP contribution in [0, 0.1) is 11.8 Å². The highest BCUT2D eigenvalue weighted by atomic mass is 35.5. The number of benzene rings is 1. The average Bonchev–Trinajstić information content (AvgIpc) is 2.67. The third kappa shape index (κ3) is 4.55. The summed E-state index contributed by atoms with van der Waals surface area (Å²) in [5.74, 6) is 0.894. The van der Waals surface area contributed by atoms with Crippen LogP contribution < -0.4 is 0 Å². The lowest BCUT2D eigenvalue weighted by Gasteiger charge is -2.34. The van der Waals surface area contributed by atoms with Crippen molar-refractivity contribution in [3.8, 4) is 0 Å². The number of carbonyl (C=O) groups excluding carboxylic acids is 1. The SMILES string of the molecule is CC1CCC(N(C)C(=O)c2ccc(Cl)c(S(=O)(=O)N3CCCC(C)C3)c2)CC1. The molecule has 156 valence electrons. The van der Waals surface area contributed by atoms with Crippen molar-refractivity contribution in [3.05, 3.63) is 28.8 Å². The first kappa shape index (κ1) is 21.6. The van der Waals surface area contributed by atoms with Crippen molar-refractivity contribution in [1.82, 2.24) is 9.21 Å². The summed E-state index contributed by atoms with van der Waals surface area (Å²) in [6, 6.07) is 4.83. The zero-order valence-corrected chi connectivity index (χ0v) is 18.6. The summed E-state index contributed by atoms with van der Waals surface area (Å²) in [5, 5.41) is 0.170. The molecule has 0 bridgehead atoms. The summed E-state index contributed by atoms with van der Waals surface area (Å²) in [7, 11) is -1.89. The average molecular weight is 427 g/mol. The molecule has 1 unspecified atom stereocenters. The molecular weight excluding hydrogens is 396 g/mol. The van der Waals surface area contributed by atoms with Crippen molar-refractivity contribution in [2.45, 2.75) is 63.3 Å². The van der Waals surface area contributed by atoms with Crippen LogP contribution in [0.3, 0.4) is 0 Å². The zero-order chi connectivity index (χ0) is 20.5. The van der Waals surface area contributed by atoms with E-state index in [0.717, 1.165) is 38.5 Å². The molecule has 1 saturated carbocycles. The summed E-state index contributed by atoms with van der Waals surface area (Å²) in [6.45, 7) is 5.30. The Bertz CT molecular complexity index is 819. The molecule has 0 aromatic heterocycles. The normalized spacial score (nSPS) is 26.8. The van der Waals surface area contributed by atoms with Gasteiger partial charge in [0.05, 0.1) is 5.02 Å². The highest BCUT2D eigenvalue weighted by Gasteiger charge is 2.32. The second kappa shape index (κ2) is 8.72. The van der Waals surface area contributed by atoms with E-state index in [0.29, 0.717) is 30.5 Å². The van der Waals surface area contributed by atoms with Gasteiger partial charge in [0.15, 0.2) is 0 Å². The zero-order valence-electron chi connectivity index (χ0n) is 17.0. The van der Waals surface area contributed by atoms with Gasteiger partial charge in [-0.25, -0.2) is 8.42 Å². The molecule has 1 amide bonds. The summed E-state index contributed by atoms with van der Waals surface area (Å²) < 4.78 is 27.8. The first-order valence-corrected chi connectivity index (χ1v) is 12.1. The first-order valence-electron chi connectivity index (χ1n) is 10.3. The number of halogens is 1. The highest BCUT2D eigenvalue weighted by Crippen LogP contribution is 2.31. The van der Waals surface area contributed by atoms with Crippen LogP contribution in [-0.2, 0) is 10.0 Å². The lowest BCUT2D eigenvalue weighted by atomic mass is 9.86. The van der Waals surface area contributed by atoms with Gasteiger partial charge in [-0.2, -0.15) is 4.31 Å². The maximum atomic E-state index is 13.2. The molecule has 3 rings (SSSR count). The van der Waals surface area contributed by atoms with Crippen molar-refractivity contribution in [2.24, 2.45) is 11.8 Å². The maximum absolute atomic E-state index is 13.2. The Labute approximate surface area is 174 Å². The number of rotatable bonds is 4. The van der Waals surface area contributed by atoms with E-state index in [1.165, 1.54) is 16.4 Å². The Hall–Kier alpha value is -1.11. The van der Waals surface area contributed by atoms with Crippen molar-refractivity contribution in [1.29, 1.82) is 0 Å². The molecule has 28 heavy (non-hydrogen) atoms. The lowest BCUT2D eigenvalue weighted by Crippen LogP contribution is -2.40. The second-order valence-electron chi connectivity index (χ2n) is 8.59. The van der Waals surface area contributed by atoms with Crippen LogP contribution in [0.5, 0.6) is 0 Å². The molecule has 7 heteroatoms. The lowest BCUT2D eigenvalue weighted by molar-refractivity contribution is 0.0679. The van der Waals surface area contributed by atoms with Gasteiger partial charge in [0.25, 0.3) is 5.91 Å². The van der Waals surface area contributed by atoms with Gasteiger partial charge in [-0.05, 0) is 68.6 Å². The fraction of sp³-hybridized carbons (Fsp3) is 0.667. The monoisotopic (exact) mass is 426 g/mol. The van der Waals surface area contributed by atoms with E-state index < -0.39 is 10.0 Å². The summed E-state index contributed by atoms with van der Waals surface area (Å²) >= 11 is 6.25. The number of hydrogen-bond donors (Lipinski definition) is 0. The van der Waals surface area contributed by atoms with Gasteiger partial charge in [0.2, 0.25) is 10.0 Å². The van der Waals surface area contributed by atoms with Crippen LogP contribution in [0.25, 0.3) is 0 Å². The Morgan fingerprint density at radius 1 is 1.11 bits per heavy atom. The molecule has 0 spiro atoms. The molecule has 2 aliphatic rings. The van der Waals surface area contributed by atoms with Gasteiger partial charge >= 0.3 is 0 Å². The molecule has 0 radical (unpaired) electrons. The number of carbonyl (C=O) groups is 1. The van der Waals surface area contributed by atoms with Gasteiger partial charge in [0, 0.05) is 31.7 Å². The predicted octanol–water partition coefficient (Wildman–Crippen LogP) is 4.41. The molecule has 1 aromatic carbocycles. The van der Waals surface area contributed by atoms with Gasteiger partial charge in [-0.3, -0.25) is 4.79 Å². The van der Waals surface area contributed by atoms with Crippen molar-refractivity contribution in [3.63, 3.8) is 0 Å². The molecule has 1 saturated heterocycles. The molecule has 1 atom stereocenters. The van der Waals surface area contributed by atoms with E-state index in [2.05, 4.69) is 13.8 Å². The Balaban J connectivity index is 1.83. The first-order chi connectivity index (χ1) is 13.2. The minimum Gasteiger partial charge on any atom is -0.339 e. The topological polar surface area (TPSA) is 57.7 Å². The second-order valence-corrected chi connectivity index (χ2v) is 10.9. The van der Waals surface area contributed by atoms with E-state index in [1.54, 1.807) is 11.0 Å². The van der Waals surface area contributed by atoms with Gasteiger partial charge in [0.1, 0.15) is 4.90 Å². The Kier molecular flexibility index (Phi) is 6.72. The number of amides is 1. The number of nitrogens with zero attached hydrogens (tertiary/aromatic N) is 2. The third-order valence-electron chi connectivity index (χ3n) is 6.27. The van der Waals surface area contributed by atoms with E-state index in [1.807, 2.05) is 7.05 Å². The van der Waals surface area contributed by atoms with Gasteiger partial charge in [-0.15, -0.1) is 0 Å². The van der Waals surface area contributed by atoms with E-state index >= 15 is 0 Å². The minimum atomic E-state index is -3.71. The minimum absolute atomic E-state index is 0.0415. The fourth-order valence-corrected chi connectivity index (χ4v) is 6.44. The molecule has 1 aliphatic heterocycles. The summed E-state index contributed by atoms with van der Waals surface area (Å²) in [6.07, 6.45) is 6.11. The predicted molar refractivity (Wildman–Crippen MR) is 112 cm³/mol. The van der Waals surface area contributed by atoms with Crippen molar-refractivity contribution >= 4 is 27.5 Å². The molecule has 1 heterocycles. The van der Waals surface area contributed by atoms with Gasteiger partial charge in [-0.1, -0.05) is 25.4 Å².